The van der Waals surface area contributed by atoms with Crippen LogP contribution in [-0.2, 0) is 5.79 Å². The van der Waals surface area contributed by atoms with Crippen LogP contribution >= 0.6 is 0 Å². The molecule has 4 rings (SSSR count). The van der Waals surface area contributed by atoms with Crippen molar-refractivity contribution in [3.63, 3.8) is 0 Å². The fourth-order valence-electron chi connectivity index (χ4n) is 2.95. The van der Waals surface area contributed by atoms with Gasteiger partial charge in [-0.05, 0) is 16.2 Å². The topological polar surface area (TPSA) is 57.5 Å². The molecule has 1 aliphatic rings. The molecule has 92 valence electrons. The van der Waals surface area contributed by atoms with Crippen LogP contribution in [0.1, 0.15) is 15.9 Å². The Kier molecular flexibility index (Phi) is 1.80. The summed E-state index contributed by atoms with van der Waals surface area (Å²) in [6.45, 7) is 0. The Bertz CT molecular complexity index is 862. The van der Waals surface area contributed by atoms with Gasteiger partial charge in [-0.15, -0.1) is 0 Å². The fourth-order valence-corrected chi connectivity index (χ4v) is 2.95. The van der Waals surface area contributed by atoms with Crippen molar-refractivity contribution in [2.45, 2.75) is 5.79 Å². The van der Waals surface area contributed by atoms with Crippen LogP contribution < -0.4 is 0 Å². The van der Waals surface area contributed by atoms with Crippen molar-refractivity contribution in [2.24, 2.45) is 0 Å². The molecule has 0 saturated carbocycles. The van der Waals surface area contributed by atoms with E-state index in [1.165, 1.54) is 0 Å². The maximum absolute atomic E-state index is 12.3. The standard InChI is InChI=1S/C16H10O3/c17-15-11-5-1-3-9-7-8-10-4-2-6-12(16(15,18)19)14(10)13(9)11/h1-8,18-19H. The second-order valence-corrected chi connectivity index (χ2v) is 4.87. The predicted molar refractivity (Wildman–Crippen MR) is 71.9 cm³/mol. The Morgan fingerprint density at radius 1 is 0.789 bits per heavy atom. The van der Waals surface area contributed by atoms with Gasteiger partial charge in [0.05, 0.1) is 0 Å². The van der Waals surface area contributed by atoms with Crippen molar-refractivity contribution < 1.29 is 15.0 Å². The highest BCUT2D eigenvalue weighted by Crippen LogP contribution is 2.41. The van der Waals surface area contributed by atoms with Crippen molar-refractivity contribution in [1.82, 2.24) is 0 Å². The summed E-state index contributed by atoms with van der Waals surface area (Å²) >= 11 is 0. The first-order valence-electron chi connectivity index (χ1n) is 6.05. The van der Waals surface area contributed by atoms with Gasteiger partial charge in [-0.25, -0.2) is 0 Å². The molecule has 3 aromatic rings. The lowest BCUT2D eigenvalue weighted by Gasteiger charge is -2.28. The van der Waals surface area contributed by atoms with E-state index < -0.39 is 11.6 Å². The predicted octanol–water partition coefficient (Wildman–Crippen LogP) is 2.33. The van der Waals surface area contributed by atoms with Gasteiger partial charge in [0.25, 0.3) is 5.79 Å². The number of carbonyl (C=O) groups is 1. The smallest absolute Gasteiger partial charge is 0.256 e. The summed E-state index contributed by atoms with van der Waals surface area (Å²) in [7, 11) is 0. The van der Waals surface area contributed by atoms with E-state index in [0.717, 1.165) is 21.5 Å². The molecule has 0 saturated heterocycles. The number of ketones is 1. The van der Waals surface area contributed by atoms with Gasteiger partial charge in [0.15, 0.2) is 0 Å². The lowest BCUT2D eigenvalue weighted by atomic mass is 9.82. The van der Waals surface area contributed by atoms with Crippen molar-refractivity contribution in [3.8, 4) is 0 Å². The average molecular weight is 250 g/mol. The Labute approximate surface area is 108 Å². The lowest BCUT2D eigenvalue weighted by Crippen LogP contribution is -2.37. The highest BCUT2D eigenvalue weighted by atomic mass is 16.5. The summed E-state index contributed by atoms with van der Waals surface area (Å²) in [5.74, 6) is -3.11. The Morgan fingerprint density at radius 3 is 2.16 bits per heavy atom. The zero-order valence-corrected chi connectivity index (χ0v) is 9.92. The normalized spacial score (nSPS) is 16.4. The van der Waals surface area contributed by atoms with E-state index in [1.54, 1.807) is 24.3 Å². The van der Waals surface area contributed by atoms with Gasteiger partial charge < -0.3 is 10.2 Å². The van der Waals surface area contributed by atoms with Crippen molar-refractivity contribution in [2.75, 3.05) is 0 Å². The van der Waals surface area contributed by atoms with Gasteiger partial charge >= 0.3 is 0 Å². The van der Waals surface area contributed by atoms with E-state index in [-0.39, 0.29) is 5.56 Å². The van der Waals surface area contributed by atoms with Crippen LogP contribution in [0.3, 0.4) is 0 Å². The van der Waals surface area contributed by atoms with Crippen LogP contribution in [0, 0.1) is 0 Å². The molecule has 0 unspecified atom stereocenters. The molecule has 3 aromatic carbocycles. The molecular weight excluding hydrogens is 240 g/mol. The molecule has 0 heterocycles. The molecule has 19 heavy (non-hydrogen) atoms. The minimum absolute atomic E-state index is 0.263. The highest BCUT2D eigenvalue weighted by Gasteiger charge is 2.42. The molecule has 0 amide bonds. The summed E-state index contributed by atoms with van der Waals surface area (Å²) in [4.78, 5) is 12.3. The Hall–Kier alpha value is -2.23. The highest BCUT2D eigenvalue weighted by molar-refractivity contribution is 6.24. The largest absolute Gasteiger partial charge is 0.356 e. The molecule has 1 aliphatic carbocycles. The Balaban J connectivity index is 2.41. The summed E-state index contributed by atoms with van der Waals surface area (Å²) in [6.07, 6.45) is 0. The zero-order chi connectivity index (χ0) is 13.2. The van der Waals surface area contributed by atoms with Crippen LogP contribution in [0.15, 0.2) is 48.5 Å². The van der Waals surface area contributed by atoms with E-state index in [1.807, 2.05) is 24.3 Å². The van der Waals surface area contributed by atoms with E-state index >= 15 is 0 Å². The summed E-state index contributed by atoms with van der Waals surface area (Å²) in [5, 5.41) is 23.7. The molecule has 0 aromatic heterocycles. The first-order valence-corrected chi connectivity index (χ1v) is 6.05. The molecule has 2 N–H and O–H groups in total. The minimum atomic E-state index is -2.44. The molecular formula is C16H10O3. The van der Waals surface area contributed by atoms with Crippen LogP contribution in [0.2, 0.25) is 0 Å². The molecule has 0 fully saturated rings. The van der Waals surface area contributed by atoms with Gasteiger partial charge in [0, 0.05) is 16.5 Å². The third-order valence-corrected chi connectivity index (χ3v) is 3.82. The van der Waals surface area contributed by atoms with Gasteiger partial charge in [0.1, 0.15) is 0 Å². The third-order valence-electron chi connectivity index (χ3n) is 3.82. The first-order chi connectivity index (χ1) is 9.10. The molecule has 0 radical (unpaired) electrons. The maximum Gasteiger partial charge on any atom is 0.256 e. The monoisotopic (exact) mass is 250 g/mol. The second-order valence-electron chi connectivity index (χ2n) is 4.87. The maximum atomic E-state index is 12.3. The van der Waals surface area contributed by atoms with Crippen LogP contribution in [0.25, 0.3) is 21.5 Å². The van der Waals surface area contributed by atoms with Gasteiger partial charge in [0.2, 0.25) is 5.78 Å². The SMILES string of the molecule is O=C1c2cccc3ccc4cccc(c4c23)C1(O)O. The van der Waals surface area contributed by atoms with Crippen molar-refractivity contribution >= 4 is 27.3 Å². The molecule has 3 nitrogen and oxygen atoms in total. The fraction of sp³-hybridized carbons (Fsp3) is 0.0625. The average Bonchev–Trinajstić information content (AvgIpc) is 2.43. The number of hydrogen-bond donors (Lipinski definition) is 2. The van der Waals surface area contributed by atoms with Crippen LogP contribution in [0.4, 0.5) is 0 Å². The van der Waals surface area contributed by atoms with Crippen molar-refractivity contribution in [3.05, 3.63) is 59.7 Å². The zero-order valence-electron chi connectivity index (χ0n) is 9.92. The van der Waals surface area contributed by atoms with E-state index in [0.29, 0.717) is 5.56 Å². The van der Waals surface area contributed by atoms with Crippen molar-refractivity contribution in [1.29, 1.82) is 0 Å². The summed E-state index contributed by atoms with van der Waals surface area (Å²) in [5.41, 5.74) is 0.631. The quantitative estimate of drug-likeness (QED) is 0.475. The van der Waals surface area contributed by atoms with E-state index in [2.05, 4.69) is 0 Å². The molecule has 0 atom stereocenters. The lowest BCUT2D eigenvalue weighted by molar-refractivity contribution is -0.127. The molecule has 0 spiro atoms. The van der Waals surface area contributed by atoms with Gasteiger partial charge in [-0.1, -0.05) is 48.5 Å². The van der Waals surface area contributed by atoms with Gasteiger partial charge in [-0.3, -0.25) is 4.79 Å². The number of carbonyl (C=O) groups excluding carboxylic acids is 1. The number of rotatable bonds is 0. The van der Waals surface area contributed by atoms with Gasteiger partial charge in [-0.2, -0.15) is 0 Å². The minimum Gasteiger partial charge on any atom is -0.356 e. The van der Waals surface area contributed by atoms with Crippen LogP contribution in [-0.4, -0.2) is 16.0 Å². The Morgan fingerprint density at radius 2 is 1.42 bits per heavy atom. The number of Topliss-reactive ketones (excluding diaryl/α,β-unsaturated/α-hetero) is 1. The number of aliphatic hydroxyl groups is 2. The summed E-state index contributed by atoms with van der Waals surface area (Å²) < 4.78 is 0. The summed E-state index contributed by atoms with van der Waals surface area (Å²) in [6, 6.07) is 14.4. The molecule has 0 bridgehead atoms. The van der Waals surface area contributed by atoms with E-state index in [4.69, 9.17) is 0 Å². The first kappa shape index (κ1) is 10.7. The molecule has 3 heteroatoms. The van der Waals surface area contributed by atoms with E-state index in [9.17, 15) is 15.0 Å². The second kappa shape index (κ2) is 3.20. The number of benzene rings is 3. The molecule has 0 aliphatic heterocycles. The van der Waals surface area contributed by atoms with Crippen LogP contribution in [0.5, 0.6) is 0 Å². The number of hydrogen-bond acceptors (Lipinski definition) is 3. The third kappa shape index (κ3) is 1.16.